The quantitative estimate of drug-likeness (QED) is 0.820. The molecule has 0 bridgehead atoms. The highest BCUT2D eigenvalue weighted by Crippen LogP contribution is 2.35. The zero-order valence-electron chi connectivity index (χ0n) is 12.2. The molecular weight excluding hydrogens is 234 g/mol. The van der Waals surface area contributed by atoms with Gasteiger partial charge in [-0.05, 0) is 51.6 Å². The van der Waals surface area contributed by atoms with Gasteiger partial charge < -0.3 is 5.32 Å². The van der Waals surface area contributed by atoms with Gasteiger partial charge in [-0.15, -0.1) is 0 Å². The molecule has 4 aliphatic rings. The summed E-state index contributed by atoms with van der Waals surface area (Å²) in [6, 6.07) is 1.83. The lowest BCUT2D eigenvalue weighted by molar-refractivity contribution is 0.154. The van der Waals surface area contributed by atoms with E-state index in [1.54, 1.807) is 0 Å². The molecule has 108 valence electrons. The molecule has 2 heterocycles. The molecule has 0 aromatic carbocycles. The van der Waals surface area contributed by atoms with E-state index in [0.29, 0.717) is 5.54 Å². The van der Waals surface area contributed by atoms with Crippen LogP contribution in [0.1, 0.15) is 51.4 Å². The summed E-state index contributed by atoms with van der Waals surface area (Å²) in [4.78, 5) is 5.62. The maximum Gasteiger partial charge on any atom is 0.0308 e. The summed E-state index contributed by atoms with van der Waals surface area (Å²) in [5.74, 6) is 0. The summed E-state index contributed by atoms with van der Waals surface area (Å²) in [6.07, 6.45) is 11.4. The summed E-state index contributed by atoms with van der Waals surface area (Å²) in [6.45, 7) is 6.64. The van der Waals surface area contributed by atoms with Crippen LogP contribution < -0.4 is 5.32 Å². The van der Waals surface area contributed by atoms with E-state index in [1.165, 1.54) is 84.1 Å². The van der Waals surface area contributed by atoms with E-state index in [9.17, 15) is 0 Å². The molecule has 19 heavy (non-hydrogen) atoms. The zero-order chi connectivity index (χ0) is 12.7. The second-order valence-corrected chi connectivity index (χ2v) is 7.41. The second kappa shape index (κ2) is 5.01. The van der Waals surface area contributed by atoms with Crippen molar-refractivity contribution in [3.05, 3.63) is 0 Å². The molecule has 2 aliphatic carbocycles. The summed E-state index contributed by atoms with van der Waals surface area (Å²) in [7, 11) is 0. The fourth-order valence-corrected chi connectivity index (χ4v) is 4.70. The van der Waals surface area contributed by atoms with Crippen molar-refractivity contribution in [2.24, 2.45) is 0 Å². The highest BCUT2D eigenvalue weighted by Gasteiger charge is 2.41. The number of likely N-dealkylation sites (tertiary alicyclic amines) is 1. The van der Waals surface area contributed by atoms with Gasteiger partial charge in [0.15, 0.2) is 0 Å². The molecule has 3 nitrogen and oxygen atoms in total. The van der Waals surface area contributed by atoms with Gasteiger partial charge in [0.25, 0.3) is 0 Å². The number of nitrogens with one attached hydrogen (secondary N) is 1. The van der Waals surface area contributed by atoms with Crippen molar-refractivity contribution in [3.63, 3.8) is 0 Å². The predicted octanol–water partition coefficient (Wildman–Crippen LogP) is 1.83. The van der Waals surface area contributed by atoms with Crippen molar-refractivity contribution in [1.29, 1.82) is 0 Å². The standard InChI is InChI=1S/C16H29N3/c1-2-8-16(7-1)13-19(10-3-9-17-16)15-6-11-18(12-15)14-4-5-14/h14-15,17H,1-13H2. The first-order chi connectivity index (χ1) is 9.35. The molecule has 0 amide bonds. The Hall–Kier alpha value is -0.120. The van der Waals surface area contributed by atoms with Crippen molar-refractivity contribution in [1.82, 2.24) is 15.1 Å². The minimum atomic E-state index is 0.490. The van der Waals surface area contributed by atoms with Crippen molar-refractivity contribution in [2.75, 3.05) is 32.7 Å². The SMILES string of the molecule is C1CNC2(CCCC2)CN(C2CCN(C3CC3)C2)C1. The average molecular weight is 263 g/mol. The topological polar surface area (TPSA) is 18.5 Å². The van der Waals surface area contributed by atoms with Crippen molar-refractivity contribution in [3.8, 4) is 0 Å². The Morgan fingerprint density at radius 2 is 1.68 bits per heavy atom. The van der Waals surface area contributed by atoms with Crippen LogP contribution in [0.3, 0.4) is 0 Å². The van der Waals surface area contributed by atoms with Gasteiger partial charge in [-0.2, -0.15) is 0 Å². The van der Waals surface area contributed by atoms with Crippen LogP contribution in [0.25, 0.3) is 0 Å². The first kappa shape index (κ1) is 12.6. The van der Waals surface area contributed by atoms with Gasteiger partial charge in [0, 0.05) is 37.3 Å². The van der Waals surface area contributed by atoms with Crippen LogP contribution in [0.2, 0.25) is 0 Å². The third-order valence-corrected chi connectivity index (χ3v) is 5.96. The molecule has 1 N–H and O–H groups in total. The molecule has 0 aromatic rings. The Bertz CT molecular complexity index is 320. The van der Waals surface area contributed by atoms with Gasteiger partial charge >= 0.3 is 0 Å². The van der Waals surface area contributed by atoms with Gasteiger partial charge in [0.1, 0.15) is 0 Å². The van der Waals surface area contributed by atoms with Crippen LogP contribution in [0.5, 0.6) is 0 Å². The molecule has 0 radical (unpaired) electrons. The van der Waals surface area contributed by atoms with Crippen LogP contribution in [-0.4, -0.2) is 60.1 Å². The van der Waals surface area contributed by atoms with E-state index in [1.807, 2.05) is 0 Å². The Kier molecular flexibility index (Phi) is 3.33. The molecule has 2 saturated carbocycles. The highest BCUT2D eigenvalue weighted by atomic mass is 15.3. The van der Waals surface area contributed by atoms with Gasteiger partial charge in [0.05, 0.1) is 0 Å². The van der Waals surface area contributed by atoms with E-state index >= 15 is 0 Å². The van der Waals surface area contributed by atoms with Crippen LogP contribution in [0.4, 0.5) is 0 Å². The maximum atomic E-state index is 3.90. The summed E-state index contributed by atoms with van der Waals surface area (Å²) < 4.78 is 0. The first-order valence-corrected chi connectivity index (χ1v) is 8.58. The normalized spacial score (nSPS) is 36.9. The molecule has 3 heteroatoms. The fraction of sp³-hybridized carbons (Fsp3) is 1.00. The fourth-order valence-electron chi connectivity index (χ4n) is 4.70. The Balaban J connectivity index is 1.41. The Morgan fingerprint density at radius 1 is 0.842 bits per heavy atom. The molecule has 2 saturated heterocycles. The minimum Gasteiger partial charge on any atom is -0.310 e. The Morgan fingerprint density at radius 3 is 2.47 bits per heavy atom. The zero-order valence-corrected chi connectivity index (χ0v) is 12.2. The van der Waals surface area contributed by atoms with Gasteiger partial charge in [-0.1, -0.05) is 12.8 Å². The monoisotopic (exact) mass is 263 g/mol. The molecular formula is C16H29N3. The summed E-state index contributed by atoms with van der Waals surface area (Å²) in [5, 5.41) is 3.90. The van der Waals surface area contributed by atoms with Gasteiger partial charge in [-0.25, -0.2) is 0 Å². The number of rotatable bonds is 2. The number of hydrogen-bond donors (Lipinski definition) is 1. The second-order valence-electron chi connectivity index (χ2n) is 7.41. The third kappa shape index (κ3) is 2.57. The van der Waals surface area contributed by atoms with E-state index in [4.69, 9.17) is 0 Å². The van der Waals surface area contributed by atoms with Crippen molar-refractivity contribution in [2.45, 2.75) is 69.0 Å². The third-order valence-electron chi connectivity index (χ3n) is 5.96. The highest BCUT2D eigenvalue weighted by molar-refractivity contribution is 5.00. The molecule has 4 rings (SSSR count). The van der Waals surface area contributed by atoms with Crippen LogP contribution in [0.15, 0.2) is 0 Å². The Labute approximate surface area is 117 Å². The lowest BCUT2D eigenvalue weighted by atomic mass is 9.96. The smallest absolute Gasteiger partial charge is 0.0308 e. The van der Waals surface area contributed by atoms with E-state index in [2.05, 4.69) is 15.1 Å². The van der Waals surface area contributed by atoms with Crippen LogP contribution >= 0.6 is 0 Å². The molecule has 2 aliphatic heterocycles. The van der Waals surface area contributed by atoms with Crippen molar-refractivity contribution < 1.29 is 0 Å². The largest absolute Gasteiger partial charge is 0.310 e. The van der Waals surface area contributed by atoms with Crippen LogP contribution in [-0.2, 0) is 0 Å². The van der Waals surface area contributed by atoms with Gasteiger partial charge in [0.2, 0.25) is 0 Å². The summed E-state index contributed by atoms with van der Waals surface area (Å²) in [5.41, 5.74) is 0.490. The van der Waals surface area contributed by atoms with E-state index in [-0.39, 0.29) is 0 Å². The maximum absolute atomic E-state index is 3.90. The van der Waals surface area contributed by atoms with E-state index < -0.39 is 0 Å². The molecule has 1 unspecified atom stereocenters. The molecule has 1 atom stereocenters. The molecule has 4 fully saturated rings. The van der Waals surface area contributed by atoms with Crippen molar-refractivity contribution >= 4 is 0 Å². The number of hydrogen-bond acceptors (Lipinski definition) is 3. The molecule has 1 spiro atoms. The van der Waals surface area contributed by atoms with Crippen LogP contribution in [0, 0.1) is 0 Å². The summed E-state index contributed by atoms with van der Waals surface area (Å²) >= 11 is 0. The lowest BCUT2D eigenvalue weighted by Crippen LogP contribution is -2.52. The lowest BCUT2D eigenvalue weighted by Gasteiger charge is -2.36. The first-order valence-electron chi connectivity index (χ1n) is 8.58. The minimum absolute atomic E-state index is 0.490. The van der Waals surface area contributed by atoms with Gasteiger partial charge in [-0.3, -0.25) is 9.80 Å². The molecule has 0 aromatic heterocycles. The van der Waals surface area contributed by atoms with E-state index in [0.717, 1.165) is 12.1 Å². The predicted molar refractivity (Wildman–Crippen MR) is 78.4 cm³/mol. The number of nitrogens with zero attached hydrogens (tertiary/aromatic N) is 2. The average Bonchev–Trinajstić information content (AvgIpc) is 3.04.